The lowest BCUT2D eigenvalue weighted by atomic mass is 10.0. The first-order chi connectivity index (χ1) is 8.74. The highest BCUT2D eigenvalue weighted by atomic mass is 15.1. The second kappa shape index (κ2) is 5.67. The van der Waals surface area contributed by atoms with E-state index in [4.69, 9.17) is 10.5 Å². The normalized spacial score (nSPS) is 22.7. The molecule has 0 spiro atoms. The summed E-state index contributed by atoms with van der Waals surface area (Å²) in [5.74, 6) is 0.161. The van der Waals surface area contributed by atoms with Crippen LogP contribution in [0.15, 0.2) is 24.3 Å². The first kappa shape index (κ1) is 12.6. The smallest absolute Gasteiger partial charge is 0.0991 e. The molecule has 0 bridgehead atoms. The van der Waals surface area contributed by atoms with Crippen LogP contribution in [0.2, 0.25) is 0 Å². The van der Waals surface area contributed by atoms with Gasteiger partial charge in [-0.15, -0.1) is 0 Å². The van der Waals surface area contributed by atoms with Gasteiger partial charge >= 0.3 is 0 Å². The van der Waals surface area contributed by atoms with Crippen molar-refractivity contribution < 1.29 is 0 Å². The summed E-state index contributed by atoms with van der Waals surface area (Å²) in [6.45, 7) is 0.804. The molecule has 0 aromatic heterocycles. The summed E-state index contributed by atoms with van der Waals surface area (Å²) in [7, 11) is 2.07. The van der Waals surface area contributed by atoms with Gasteiger partial charge in [0.15, 0.2) is 0 Å². The molecule has 1 aliphatic carbocycles. The Kier molecular flexibility index (Phi) is 3.97. The van der Waals surface area contributed by atoms with Crippen molar-refractivity contribution in [2.24, 2.45) is 5.92 Å². The number of nitriles is 2. The van der Waals surface area contributed by atoms with E-state index >= 15 is 0 Å². The van der Waals surface area contributed by atoms with Gasteiger partial charge in [0.1, 0.15) is 0 Å². The van der Waals surface area contributed by atoms with Gasteiger partial charge in [0.2, 0.25) is 0 Å². The fraction of sp³-hybridized carbons (Fsp3) is 0.467. The van der Waals surface area contributed by atoms with E-state index in [1.807, 2.05) is 24.3 Å². The summed E-state index contributed by atoms with van der Waals surface area (Å²) >= 11 is 0. The zero-order chi connectivity index (χ0) is 13.0. The highest BCUT2D eigenvalue weighted by Crippen LogP contribution is 2.29. The minimum atomic E-state index is 0.161. The molecule has 2 rings (SSSR count). The molecule has 1 aliphatic rings. The molecule has 92 valence electrons. The molecule has 0 saturated heterocycles. The third-order valence-electron chi connectivity index (χ3n) is 3.70. The fourth-order valence-corrected chi connectivity index (χ4v) is 2.76. The van der Waals surface area contributed by atoms with Crippen LogP contribution in [-0.4, -0.2) is 18.0 Å². The summed E-state index contributed by atoms with van der Waals surface area (Å²) in [5, 5.41) is 18.0. The average molecular weight is 239 g/mol. The van der Waals surface area contributed by atoms with Gasteiger partial charge in [0.05, 0.1) is 23.6 Å². The molecule has 3 heteroatoms. The minimum Gasteiger partial charge on any atom is -0.298 e. The van der Waals surface area contributed by atoms with Gasteiger partial charge in [-0.05, 0) is 37.6 Å². The summed E-state index contributed by atoms with van der Waals surface area (Å²) < 4.78 is 0. The minimum absolute atomic E-state index is 0.161. The highest BCUT2D eigenvalue weighted by Gasteiger charge is 2.30. The van der Waals surface area contributed by atoms with Crippen LogP contribution in [0.5, 0.6) is 0 Å². The number of hydrogen-bond donors (Lipinski definition) is 0. The van der Waals surface area contributed by atoms with Gasteiger partial charge in [-0.25, -0.2) is 0 Å². The molecule has 1 aromatic carbocycles. The molecule has 1 aromatic rings. The van der Waals surface area contributed by atoms with E-state index in [1.54, 1.807) is 0 Å². The predicted molar refractivity (Wildman–Crippen MR) is 69.4 cm³/mol. The summed E-state index contributed by atoms with van der Waals surface area (Å²) in [5.41, 5.74) is 1.84. The molecule has 18 heavy (non-hydrogen) atoms. The van der Waals surface area contributed by atoms with Crippen LogP contribution in [0.25, 0.3) is 0 Å². The van der Waals surface area contributed by atoms with Crippen LogP contribution in [0.4, 0.5) is 0 Å². The number of nitrogens with zero attached hydrogens (tertiary/aromatic N) is 3. The Bertz CT molecular complexity index is 495. The van der Waals surface area contributed by atoms with E-state index in [0.29, 0.717) is 11.6 Å². The predicted octanol–water partition coefficient (Wildman–Crippen LogP) is 2.68. The molecule has 0 amide bonds. The maximum atomic E-state index is 9.11. The van der Waals surface area contributed by atoms with E-state index in [-0.39, 0.29) is 5.92 Å². The molecule has 3 nitrogen and oxygen atoms in total. The van der Waals surface area contributed by atoms with Crippen LogP contribution in [-0.2, 0) is 6.54 Å². The zero-order valence-corrected chi connectivity index (χ0v) is 10.6. The second-order valence-electron chi connectivity index (χ2n) is 4.96. The SMILES string of the molecule is CN(Cc1cccc(C#N)c1)C1CCCC1C#N. The van der Waals surface area contributed by atoms with Crippen molar-refractivity contribution in [3.63, 3.8) is 0 Å². The Hall–Kier alpha value is -1.84. The molecule has 1 fully saturated rings. The van der Waals surface area contributed by atoms with Gasteiger partial charge in [-0.3, -0.25) is 4.90 Å². The Morgan fingerprint density at radius 2 is 2.17 bits per heavy atom. The van der Waals surface area contributed by atoms with Crippen molar-refractivity contribution in [1.82, 2.24) is 4.90 Å². The highest BCUT2D eigenvalue weighted by molar-refractivity contribution is 5.32. The number of rotatable bonds is 3. The van der Waals surface area contributed by atoms with Gasteiger partial charge in [-0.2, -0.15) is 10.5 Å². The first-order valence-corrected chi connectivity index (χ1v) is 6.33. The lowest BCUT2D eigenvalue weighted by Gasteiger charge is -2.26. The topological polar surface area (TPSA) is 50.8 Å². The van der Waals surface area contributed by atoms with Crippen molar-refractivity contribution >= 4 is 0 Å². The molecular formula is C15H17N3. The Balaban J connectivity index is 2.05. The molecular weight excluding hydrogens is 222 g/mol. The molecule has 2 atom stereocenters. The summed E-state index contributed by atoms with van der Waals surface area (Å²) in [4.78, 5) is 2.25. The Morgan fingerprint density at radius 3 is 2.89 bits per heavy atom. The van der Waals surface area contributed by atoms with Gasteiger partial charge in [0, 0.05) is 12.6 Å². The maximum absolute atomic E-state index is 9.11. The van der Waals surface area contributed by atoms with E-state index in [9.17, 15) is 0 Å². The monoisotopic (exact) mass is 239 g/mol. The van der Waals surface area contributed by atoms with Crippen LogP contribution in [0.1, 0.15) is 30.4 Å². The van der Waals surface area contributed by atoms with Crippen LogP contribution < -0.4 is 0 Å². The molecule has 0 heterocycles. The molecule has 0 aliphatic heterocycles. The van der Waals surface area contributed by atoms with Gasteiger partial charge in [-0.1, -0.05) is 18.6 Å². The van der Waals surface area contributed by atoms with Crippen LogP contribution in [0, 0.1) is 28.6 Å². The molecule has 1 saturated carbocycles. The maximum Gasteiger partial charge on any atom is 0.0991 e. The van der Waals surface area contributed by atoms with Gasteiger partial charge < -0.3 is 0 Å². The quantitative estimate of drug-likeness (QED) is 0.814. The Morgan fingerprint density at radius 1 is 1.33 bits per heavy atom. The summed E-state index contributed by atoms with van der Waals surface area (Å²) in [6, 6.07) is 12.6. The largest absolute Gasteiger partial charge is 0.298 e. The number of benzene rings is 1. The fourth-order valence-electron chi connectivity index (χ4n) is 2.76. The zero-order valence-electron chi connectivity index (χ0n) is 10.6. The number of hydrogen-bond acceptors (Lipinski definition) is 3. The van der Waals surface area contributed by atoms with E-state index < -0.39 is 0 Å². The third kappa shape index (κ3) is 2.70. The lowest BCUT2D eigenvalue weighted by Crippen LogP contribution is -2.33. The standard InChI is InChI=1S/C15H17N3/c1-18(15-7-3-6-14(15)10-17)11-13-5-2-4-12(8-13)9-16/h2,4-5,8,14-15H,3,6-7,11H2,1H3. The van der Waals surface area contributed by atoms with Crippen LogP contribution in [0.3, 0.4) is 0 Å². The van der Waals surface area contributed by atoms with Crippen LogP contribution >= 0.6 is 0 Å². The average Bonchev–Trinajstić information content (AvgIpc) is 2.87. The second-order valence-corrected chi connectivity index (χ2v) is 4.96. The Labute approximate surface area is 108 Å². The lowest BCUT2D eigenvalue weighted by molar-refractivity contribution is 0.212. The first-order valence-electron chi connectivity index (χ1n) is 6.33. The molecule has 2 unspecified atom stereocenters. The molecule has 0 N–H and O–H groups in total. The van der Waals surface area contributed by atoms with Crippen molar-refractivity contribution in [3.8, 4) is 12.1 Å². The third-order valence-corrected chi connectivity index (χ3v) is 3.70. The van der Waals surface area contributed by atoms with E-state index in [1.165, 1.54) is 0 Å². The van der Waals surface area contributed by atoms with Gasteiger partial charge in [0.25, 0.3) is 0 Å². The van der Waals surface area contributed by atoms with E-state index in [0.717, 1.165) is 31.4 Å². The molecule has 0 radical (unpaired) electrons. The van der Waals surface area contributed by atoms with E-state index in [2.05, 4.69) is 24.1 Å². The van der Waals surface area contributed by atoms with Crippen molar-refractivity contribution in [1.29, 1.82) is 10.5 Å². The van der Waals surface area contributed by atoms with Crippen molar-refractivity contribution in [2.75, 3.05) is 7.05 Å². The van der Waals surface area contributed by atoms with Crippen molar-refractivity contribution in [2.45, 2.75) is 31.8 Å². The summed E-state index contributed by atoms with van der Waals surface area (Å²) in [6.07, 6.45) is 3.27. The van der Waals surface area contributed by atoms with Crippen molar-refractivity contribution in [3.05, 3.63) is 35.4 Å².